The number of benzene rings is 2. The monoisotopic (exact) mass is 464 g/mol. The lowest BCUT2D eigenvalue weighted by atomic mass is 10.2. The maximum absolute atomic E-state index is 13.1. The van der Waals surface area contributed by atoms with Crippen molar-refractivity contribution in [3.05, 3.63) is 48.0 Å². The molecule has 3 rings (SSSR count). The normalized spacial score (nSPS) is 11.5. The van der Waals surface area contributed by atoms with E-state index < -0.39 is 11.7 Å². The number of fused-ring (bicyclic) bond motifs is 1. The van der Waals surface area contributed by atoms with E-state index in [4.69, 9.17) is 0 Å². The van der Waals surface area contributed by atoms with Crippen LogP contribution in [0.15, 0.2) is 47.6 Å². The molecule has 1 heterocycles. The molecule has 0 saturated heterocycles. The van der Waals surface area contributed by atoms with E-state index in [9.17, 15) is 22.8 Å². The van der Waals surface area contributed by atoms with Crippen LogP contribution in [0.1, 0.15) is 32.3 Å². The summed E-state index contributed by atoms with van der Waals surface area (Å²) >= 11 is 1.18. The Balaban J connectivity index is 1.72. The fourth-order valence-electron chi connectivity index (χ4n) is 3.09. The van der Waals surface area contributed by atoms with E-state index in [2.05, 4.69) is 15.6 Å². The average Bonchev–Trinajstić information content (AvgIpc) is 3.08. The van der Waals surface area contributed by atoms with E-state index in [0.29, 0.717) is 28.6 Å². The molecule has 32 heavy (non-hydrogen) atoms. The molecule has 0 spiro atoms. The molecule has 0 atom stereocenters. The molecule has 0 radical (unpaired) electrons. The molecule has 0 aliphatic heterocycles. The lowest BCUT2D eigenvalue weighted by Gasteiger charge is -2.10. The third-order valence-electron chi connectivity index (χ3n) is 4.60. The van der Waals surface area contributed by atoms with Crippen molar-refractivity contribution < 1.29 is 22.8 Å². The van der Waals surface area contributed by atoms with Crippen molar-refractivity contribution in [3.8, 4) is 0 Å². The van der Waals surface area contributed by atoms with Crippen LogP contribution >= 0.6 is 11.8 Å². The van der Waals surface area contributed by atoms with Crippen LogP contribution in [0.25, 0.3) is 11.0 Å². The number of alkyl halides is 3. The number of nitrogens with zero attached hydrogens (tertiary/aromatic N) is 2. The van der Waals surface area contributed by atoms with Gasteiger partial charge in [-0.2, -0.15) is 13.2 Å². The Kier molecular flexibility index (Phi) is 7.44. The second-order valence-electron chi connectivity index (χ2n) is 7.20. The van der Waals surface area contributed by atoms with Gasteiger partial charge in [-0.15, -0.1) is 0 Å². The number of thioether (sulfide) groups is 1. The van der Waals surface area contributed by atoms with Crippen molar-refractivity contribution in [1.82, 2.24) is 9.55 Å². The quantitative estimate of drug-likeness (QED) is 0.429. The minimum atomic E-state index is -4.44. The van der Waals surface area contributed by atoms with Gasteiger partial charge < -0.3 is 15.2 Å². The molecule has 0 aliphatic rings. The summed E-state index contributed by atoms with van der Waals surface area (Å²) in [5.41, 5.74) is 1.31. The van der Waals surface area contributed by atoms with Crippen molar-refractivity contribution in [1.29, 1.82) is 0 Å². The molecule has 0 unspecified atom stereocenters. The fourth-order valence-corrected chi connectivity index (χ4v) is 3.93. The maximum Gasteiger partial charge on any atom is 0.416 e. The summed E-state index contributed by atoms with van der Waals surface area (Å²) in [6, 6.07) is 10.2. The first kappa shape index (κ1) is 23.6. The van der Waals surface area contributed by atoms with E-state index in [-0.39, 0.29) is 23.1 Å². The number of unbranched alkanes of at least 4 members (excludes halogenated alkanes) is 1. The summed E-state index contributed by atoms with van der Waals surface area (Å²) in [7, 11) is 0. The van der Waals surface area contributed by atoms with Gasteiger partial charge in [0, 0.05) is 24.8 Å². The molecule has 0 aliphatic carbocycles. The van der Waals surface area contributed by atoms with Gasteiger partial charge in [-0.25, -0.2) is 4.98 Å². The van der Waals surface area contributed by atoms with Crippen LogP contribution in [0.3, 0.4) is 0 Å². The SMILES string of the molecule is CCCCn1c(SCC(=O)Nc2ccc(NC(C)=O)cc2)nc2cc(C(F)(F)F)ccc21. The third-order valence-corrected chi connectivity index (χ3v) is 5.57. The van der Waals surface area contributed by atoms with E-state index in [1.165, 1.54) is 24.8 Å². The van der Waals surface area contributed by atoms with Crippen molar-refractivity contribution in [2.75, 3.05) is 16.4 Å². The molecule has 0 fully saturated rings. The number of nitrogens with one attached hydrogen (secondary N) is 2. The molecule has 6 nitrogen and oxygen atoms in total. The predicted molar refractivity (Wildman–Crippen MR) is 120 cm³/mol. The van der Waals surface area contributed by atoms with Crippen molar-refractivity contribution in [3.63, 3.8) is 0 Å². The van der Waals surface area contributed by atoms with Crippen LogP contribution in [-0.2, 0) is 22.3 Å². The summed E-state index contributed by atoms with van der Waals surface area (Å²) in [6.07, 6.45) is -2.68. The van der Waals surface area contributed by atoms with Gasteiger partial charge in [-0.05, 0) is 48.9 Å². The summed E-state index contributed by atoms with van der Waals surface area (Å²) in [5.74, 6) is -0.409. The number of amides is 2. The smallest absolute Gasteiger partial charge is 0.326 e. The number of aryl methyl sites for hydroxylation is 1. The highest BCUT2D eigenvalue weighted by atomic mass is 32.2. The van der Waals surface area contributed by atoms with Crippen molar-refractivity contribution >= 4 is 46.0 Å². The lowest BCUT2D eigenvalue weighted by molar-refractivity contribution is -0.137. The zero-order valence-electron chi connectivity index (χ0n) is 17.6. The number of carbonyl (C=O) groups excluding carboxylic acids is 2. The second kappa shape index (κ2) is 10.1. The number of anilines is 2. The molecule has 0 saturated carbocycles. The van der Waals surface area contributed by atoms with Crippen LogP contribution in [0, 0.1) is 0 Å². The lowest BCUT2D eigenvalue weighted by Crippen LogP contribution is -2.14. The maximum atomic E-state index is 13.1. The van der Waals surface area contributed by atoms with Crippen LogP contribution in [0.4, 0.5) is 24.5 Å². The first-order valence-electron chi connectivity index (χ1n) is 10.0. The van der Waals surface area contributed by atoms with Gasteiger partial charge in [0.2, 0.25) is 11.8 Å². The second-order valence-corrected chi connectivity index (χ2v) is 8.14. The van der Waals surface area contributed by atoms with Gasteiger partial charge in [0.05, 0.1) is 22.3 Å². The number of imidazole rings is 1. The molecule has 170 valence electrons. The minimum Gasteiger partial charge on any atom is -0.326 e. The Bertz CT molecular complexity index is 1110. The largest absolute Gasteiger partial charge is 0.416 e. The Morgan fingerprint density at radius 3 is 2.31 bits per heavy atom. The van der Waals surface area contributed by atoms with E-state index in [1.807, 2.05) is 11.5 Å². The standard InChI is InChI=1S/C22H23F3N4O2S/c1-3-4-11-29-19-10-5-15(22(23,24)25)12-18(19)28-21(29)32-13-20(31)27-17-8-6-16(7-9-17)26-14(2)30/h5-10,12H,3-4,11,13H2,1-2H3,(H,26,30)(H,27,31). The van der Waals surface area contributed by atoms with Gasteiger partial charge in [0.15, 0.2) is 5.16 Å². The molecule has 0 bridgehead atoms. The molecule has 2 aromatic carbocycles. The zero-order valence-corrected chi connectivity index (χ0v) is 18.4. The first-order chi connectivity index (χ1) is 15.2. The Morgan fingerprint density at radius 1 is 1.06 bits per heavy atom. The number of hydrogen-bond acceptors (Lipinski definition) is 4. The van der Waals surface area contributed by atoms with Crippen LogP contribution in [0.5, 0.6) is 0 Å². The van der Waals surface area contributed by atoms with Gasteiger partial charge >= 0.3 is 6.18 Å². The van der Waals surface area contributed by atoms with E-state index in [1.54, 1.807) is 24.3 Å². The Labute approximate surface area is 187 Å². The molecule has 2 N–H and O–H groups in total. The molecular formula is C22H23F3N4O2S. The zero-order chi connectivity index (χ0) is 23.3. The number of rotatable bonds is 8. The highest BCUT2D eigenvalue weighted by Crippen LogP contribution is 2.33. The minimum absolute atomic E-state index is 0.0506. The van der Waals surface area contributed by atoms with Gasteiger partial charge in [-0.1, -0.05) is 25.1 Å². The third kappa shape index (κ3) is 6.03. The first-order valence-corrected chi connectivity index (χ1v) is 11.0. The van der Waals surface area contributed by atoms with Gasteiger partial charge in [0.1, 0.15) is 0 Å². The van der Waals surface area contributed by atoms with Crippen LogP contribution < -0.4 is 10.6 Å². The molecule has 2 amide bonds. The summed E-state index contributed by atoms with van der Waals surface area (Å²) in [5, 5.41) is 5.91. The van der Waals surface area contributed by atoms with Crippen molar-refractivity contribution in [2.45, 2.75) is 44.6 Å². The summed E-state index contributed by atoms with van der Waals surface area (Å²) < 4.78 is 41.0. The molecule has 10 heteroatoms. The van der Waals surface area contributed by atoms with E-state index in [0.717, 1.165) is 25.0 Å². The van der Waals surface area contributed by atoms with Crippen LogP contribution in [0.2, 0.25) is 0 Å². The van der Waals surface area contributed by atoms with Crippen LogP contribution in [-0.4, -0.2) is 27.1 Å². The summed E-state index contributed by atoms with van der Waals surface area (Å²) in [4.78, 5) is 27.8. The predicted octanol–water partition coefficient (Wildman–Crippen LogP) is 5.54. The summed E-state index contributed by atoms with van der Waals surface area (Å²) in [6.45, 7) is 4.04. The number of halogens is 3. The highest BCUT2D eigenvalue weighted by molar-refractivity contribution is 7.99. The molecule has 3 aromatic rings. The van der Waals surface area contributed by atoms with Crippen molar-refractivity contribution in [2.24, 2.45) is 0 Å². The average molecular weight is 465 g/mol. The van der Waals surface area contributed by atoms with E-state index >= 15 is 0 Å². The topological polar surface area (TPSA) is 76.0 Å². The number of carbonyl (C=O) groups is 2. The number of aromatic nitrogens is 2. The highest BCUT2D eigenvalue weighted by Gasteiger charge is 2.31. The molecule has 1 aromatic heterocycles. The van der Waals surface area contributed by atoms with Gasteiger partial charge in [-0.3, -0.25) is 9.59 Å². The molecular weight excluding hydrogens is 441 g/mol. The Morgan fingerprint density at radius 2 is 1.72 bits per heavy atom. The fraction of sp³-hybridized carbons (Fsp3) is 0.318. The van der Waals surface area contributed by atoms with Gasteiger partial charge in [0.25, 0.3) is 0 Å². The number of hydrogen-bond donors (Lipinski definition) is 2. The Hall–Kier alpha value is -3.01.